The van der Waals surface area contributed by atoms with Crippen LogP contribution in [0.15, 0.2) is 55.0 Å². The van der Waals surface area contributed by atoms with Gasteiger partial charge in [0.1, 0.15) is 0 Å². The van der Waals surface area contributed by atoms with Crippen molar-refractivity contribution in [3.63, 3.8) is 0 Å². The van der Waals surface area contributed by atoms with Gasteiger partial charge in [0, 0.05) is 29.8 Å². The fourth-order valence-corrected chi connectivity index (χ4v) is 2.97. The van der Waals surface area contributed by atoms with Crippen LogP contribution >= 0.6 is 11.3 Å². The summed E-state index contributed by atoms with van der Waals surface area (Å²) in [5, 5.41) is 4.25. The number of rotatable bonds is 5. The molecule has 1 aromatic carbocycles. The number of hydrogen-bond acceptors (Lipinski definition) is 4. The minimum Gasteiger partial charge on any atom is -0.332 e. The average Bonchev–Trinajstić information content (AvgIpc) is 2.99. The molecule has 2 aromatic heterocycles. The summed E-state index contributed by atoms with van der Waals surface area (Å²) in [4.78, 5) is 9.68. The smallest absolute Gasteiger partial charge is 0.187 e. The van der Waals surface area contributed by atoms with Crippen molar-refractivity contribution in [2.75, 3.05) is 5.32 Å². The molecule has 0 amide bonds. The summed E-state index contributed by atoms with van der Waals surface area (Å²) in [5.41, 5.74) is 3.54. The molecule has 4 heteroatoms. The van der Waals surface area contributed by atoms with E-state index in [1.165, 1.54) is 12.0 Å². The molecule has 0 spiro atoms. The Morgan fingerprint density at radius 2 is 1.95 bits per heavy atom. The summed E-state index contributed by atoms with van der Waals surface area (Å²) >= 11 is 1.63. The maximum atomic E-state index is 4.43. The van der Waals surface area contributed by atoms with E-state index in [9.17, 15) is 0 Å². The highest BCUT2D eigenvalue weighted by Gasteiger charge is 2.04. The van der Waals surface area contributed by atoms with Gasteiger partial charge in [-0.3, -0.25) is 4.98 Å². The van der Waals surface area contributed by atoms with E-state index >= 15 is 0 Å². The second-order valence-corrected chi connectivity index (χ2v) is 5.87. The molecule has 2 heterocycles. The standard InChI is InChI=1S/C17H17N3S/c1-2-4-13-6-8-15(9-7-13)20-17-19-12-16(21-17)14-5-3-10-18-11-14/h3,5-12H,2,4H2,1H3,(H,19,20). The monoisotopic (exact) mass is 295 g/mol. The van der Waals surface area contributed by atoms with Crippen molar-refractivity contribution in [1.29, 1.82) is 0 Å². The van der Waals surface area contributed by atoms with Gasteiger partial charge in [-0.15, -0.1) is 0 Å². The molecule has 0 aliphatic heterocycles. The Labute approximate surface area is 128 Å². The summed E-state index contributed by atoms with van der Waals surface area (Å²) in [5.74, 6) is 0. The van der Waals surface area contributed by atoms with Crippen LogP contribution in [0.4, 0.5) is 10.8 Å². The Balaban J connectivity index is 1.72. The molecule has 0 radical (unpaired) electrons. The molecule has 3 nitrogen and oxygen atoms in total. The molecule has 21 heavy (non-hydrogen) atoms. The lowest BCUT2D eigenvalue weighted by Crippen LogP contribution is -1.89. The Morgan fingerprint density at radius 3 is 2.67 bits per heavy atom. The predicted octanol–water partition coefficient (Wildman–Crippen LogP) is 4.90. The van der Waals surface area contributed by atoms with Crippen LogP contribution in [-0.4, -0.2) is 9.97 Å². The number of aryl methyl sites for hydroxylation is 1. The van der Waals surface area contributed by atoms with Gasteiger partial charge in [-0.1, -0.05) is 42.9 Å². The largest absolute Gasteiger partial charge is 0.332 e. The summed E-state index contributed by atoms with van der Waals surface area (Å²) < 4.78 is 0. The molecule has 0 unspecified atom stereocenters. The Hall–Kier alpha value is -2.20. The molecular formula is C17H17N3S. The number of nitrogens with zero attached hydrogens (tertiary/aromatic N) is 2. The normalized spacial score (nSPS) is 10.5. The van der Waals surface area contributed by atoms with Gasteiger partial charge in [-0.05, 0) is 30.2 Å². The van der Waals surface area contributed by atoms with Crippen molar-refractivity contribution in [2.24, 2.45) is 0 Å². The first-order valence-corrected chi connectivity index (χ1v) is 7.89. The van der Waals surface area contributed by atoms with Crippen LogP contribution in [0.2, 0.25) is 0 Å². The number of anilines is 2. The fourth-order valence-electron chi connectivity index (χ4n) is 2.14. The highest BCUT2D eigenvalue weighted by molar-refractivity contribution is 7.18. The molecule has 0 atom stereocenters. The molecule has 0 aliphatic carbocycles. The Kier molecular flexibility index (Phi) is 4.26. The van der Waals surface area contributed by atoms with Gasteiger partial charge in [-0.25, -0.2) is 4.98 Å². The molecule has 0 saturated heterocycles. The van der Waals surface area contributed by atoms with Gasteiger partial charge >= 0.3 is 0 Å². The molecular weight excluding hydrogens is 278 g/mol. The van der Waals surface area contributed by atoms with E-state index in [4.69, 9.17) is 0 Å². The molecule has 0 bridgehead atoms. The van der Waals surface area contributed by atoms with Crippen molar-refractivity contribution in [1.82, 2.24) is 9.97 Å². The highest BCUT2D eigenvalue weighted by Crippen LogP contribution is 2.30. The third-order valence-corrected chi connectivity index (χ3v) is 4.16. The molecule has 0 saturated carbocycles. The molecule has 1 N–H and O–H groups in total. The summed E-state index contributed by atoms with van der Waals surface area (Å²) in [7, 11) is 0. The minimum absolute atomic E-state index is 0.900. The highest BCUT2D eigenvalue weighted by atomic mass is 32.1. The van der Waals surface area contributed by atoms with E-state index < -0.39 is 0 Å². The molecule has 3 aromatic rings. The lowest BCUT2D eigenvalue weighted by atomic mass is 10.1. The van der Waals surface area contributed by atoms with E-state index in [1.807, 2.05) is 24.5 Å². The third kappa shape index (κ3) is 3.47. The number of nitrogens with one attached hydrogen (secondary N) is 1. The van der Waals surface area contributed by atoms with E-state index in [1.54, 1.807) is 17.5 Å². The van der Waals surface area contributed by atoms with Crippen LogP contribution < -0.4 is 5.32 Å². The topological polar surface area (TPSA) is 37.8 Å². The van der Waals surface area contributed by atoms with Gasteiger partial charge in [-0.2, -0.15) is 0 Å². The van der Waals surface area contributed by atoms with Gasteiger partial charge in [0.2, 0.25) is 0 Å². The second kappa shape index (κ2) is 6.50. The molecule has 0 fully saturated rings. The SMILES string of the molecule is CCCc1ccc(Nc2ncc(-c3cccnc3)s2)cc1. The van der Waals surface area contributed by atoms with E-state index in [-0.39, 0.29) is 0 Å². The molecule has 0 aliphatic rings. The lowest BCUT2D eigenvalue weighted by molar-refractivity contribution is 0.922. The first-order valence-electron chi connectivity index (χ1n) is 7.07. The third-order valence-electron chi connectivity index (χ3n) is 3.20. The van der Waals surface area contributed by atoms with Crippen molar-refractivity contribution in [3.05, 3.63) is 60.6 Å². The van der Waals surface area contributed by atoms with Gasteiger partial charge in [0.15, 0.2) is 5.13 Å². The van der Waals surface area contributed by atoms with Crippen LogP contribution in [0.3, 0.4) is 0 Å². The number of thiazole rings is 1. The van der Waals surface area contributed by atoms with Crippen LogP contribution in [0, 0.1) is 0 Å². The maximum absolute atomic E-state index is 4.43. The predicted molar refractivity (Wildman–Crippen MR) is 89.1 cm³/mol. The van der Waals surface area contributed by atoms with Gasteiger partial charge in [0.05, 0.1) is 4.88 Å². The quantitative estimate of drug-likeness (QED) is 0.727. The summed E-state index contributed by atoms with van der Waals surface area (Å²) in [6.45, 7) is 2.20. The first kappa shape index (κ1) is 13.8. The fraction of sp³-hybridized carbons (Fsp3) is 0.176. The second-order valence-electron chi connectivity index (χ2n) is 4.84. The van der Waals surface area contributed by atoms with E-state index in [0.717, 1.165) is 27.7 Å². The molecule has 3 rings (SSSR count). The summed E-state index contributed by atoms with van der Waals surface area (Å²) in [6, 6.07) is 12.5. The zero-order chi connectivity index (χ0) is 14.5. The summed E-state index contributed by atoms with van der Waals surface area (Å²) in [6.07, 6.45) is 7.82. The minimum atomic E-state index is 0.900. The first-order chi connectivity index (χ1) is 10.3. The van der Waals surface area contributed by atoms with Crippen molar-refractivity contribution in [3.8, 4) is 10.4 Å². The van der Waals surface area contributed by atoms with Crippen LogP contribution in [0.25, 0.3) is 10.4 Å². The van der Waals surface area contributed by atoms with Gasteiger partial charge < -0.3 is 5.32 Å². The van der Waals surface area contributed by atoms with Crippen molar-refractivity contribution < 1.29 is 0 Å². The maximum Gasteiger partial charge on any atom is 0.187 e. The average molecular weight is 295 g/mol. The number of aromatic nitrogens is 2. The number of benzene rings is 1. The van der Waals surface area contributed by atoms with Crippen molar-refractivity contribution >= 4 is 22.2 Å². The van der Waals surface area contributed by atoms with Gasteiger partial charge in [0.25, 0.3) is 0 Å². The van der Waals surface area contributed by atoms with E-state index in [2.05, 4.69) is 46.5 Å². The van der Waals surface area contributed by atoms with Crippen LogP contribution in [0.5, 0.6) is 0 Å². The zero-order valence-electron chi connectivity index (χ0n) is 11.9. The van der Waals surface area contributed by atoms with Crippen LogP contribution in [-0.2, 0) is 6.42 Å². The zero-order valence-corrected chi connectivity index (χ0v) is 12.7. The van der Waals surface area contributed by atoms with E-state index in [0.29, 0.717) is 0 Å². The number of hydrogen-bond donors (Lipinski definition) is 1. The Bertz CT molecular complexity index is 690. The lowest BCUT2D eigenvalue weighted by Gasteiger charge is -2.04. The van der Waals surface area contributed by atoms with Crippen LogP contribution in [0.1, 0.15) is 18.9 Å². The molecule has 106 valence electrons. The number of pyridine rings is 1. The van der Waals surface area contributed by atoms with Crippen molar-refractivity contribution in [2.45, 2.75) is 19.8 Å². The Morgan fingerprint density at radius 1 is 1.10 bits per heavy atom.